The van der Waals surface area contributed by atoms with Gasteiger partial charge < -0.3 is 14.8 Å². The molecule has 0 fully saturated rings. The van der Waals surface area contributed by atoms with Crippen molar-refractivity contribution in [2.45, 2.75) is 13.8 Å². The van der Waals surface area contributed by atoms with Crippen molar-refractivity contribution >= 4 is 17.7 Å². The molecule has 0 atom stereocenters. The highest BCUT2D eigenvalue weighted by Crippen LogP contribution is 2.16. The van der Waals surface area contributed by atoms with E-state index in [9.17, 15) is 9.59 Å². The molecule has 0 unspecified atom stereocenters. The number of benzene rings is 1. The standard InChI is InChI=1S/C16H17N3O4/c1-10-6-11(2)8-12(7-10)23-9-14(20)18-13-4-5-17-15(19-13)16(21)22-3/h4-8H,9H2,1-3H3,(H,17,18,19,20). The third kappa shape index (κ3) is 4.77. The number of esters is 1. The molecule has 0 bridgehead atoms. The van der Waals surface area contributed by atoms with Gasteiger partial charge in [-0.1, -0.05) is 6.07 Å². The Kier molecular flexibility index (Phi) is 5.24. The zero-order chi connectivity index (χ0) is 16.8. The van der Waals surface area contributed by atoms with Crippen LogP contribution in [0.1, 0.15) is 21.7 Å². The van der Waals surface area contributed by atoms with Crippen LogP contribution in [0.2, 0.25) is 0 Å². The van der Waals surface area contributed by atoms with E-state index in [1.54, 1.807) is 0 Å². The quantitative estimate of drug-likeness (QED) is 0.847. The lowest BCUT2D eigenvalue weighted by atomic mass is 10.1. The van der Waals surface area contributed by atoms with Gasteiger partial charge in [0.2, 0.25) is 5.82 Å². The second-order valence-electron chi connectivity index (χ2n) is 4.92. The van der Waals surface area contributed by atoms with E-state index in [-0.39, 0.29) is 18.2 Å². The summed E-state index contributed by atoms with van der Waals surface area (Å²) in [5, 5.41) is 2.54. The van der Waals surface area contributed by atoms with Gasteiger partial charge in [-0.05, 0) is 43.2 Å². The van der Waals surface area contributed by atoms with Crippen molar-refractivity contribution in [2.75, 3.05) is 19.0 Å². The van der Waals surface area contributed by atoms with Gasteiger partial charge in [0.05, 0.1) is 7.11 Å². The summed E-state index contributed by atoms with van der Waals surface area (Å²) in [6.07, 6.45) is 1.36. The highest BCUT2D eigenvalue weighted by molar-refractivity contribution is 5.91. The zero-order valence-electron chi connectivity index (χ0n) is 13.1. The molecule has 1 heterocycles. The van der Waals surface area contributed by atoms with Crippen LogP contribution in [0.15, 0.2) is 30.5 Å². The summed E-state index contributed by atoms with van der Waals surface area (Å²) in [6, 6.07) is 7.18. The molecular weight excluding hydrogens is 298 g/mol. The Balaban J connectivity index is 1.96. The first-order valence-corrected chi connectivity index (χ1v) is 6.90. The number of anilines is 1. The maximum atomic E-state index is 11.9. The van der Waals surface area contributed by atoms with Crippen LogP contribution in [0, 0.1) is 13.8 Å². The van der Waals surface area contributed by atoms with Crippen LogP contribution >= 0.6 is 0 Å². The number of carbonyl (C=O) groups is 2. The van der Waals surface area contributed by atoms with Crippen LogP contribution in [0.4, 0.5) is 5.82 Å². The molecule has 2 aromatic rings. The van der Waals surface area contributed by atoms with Crippen molar-refractivity contribution in [1.82, 2.24) is 9.97 Å². The van der Waals surface area contributed by atoms with Gasteiger partial charge in [-0.3, -0.25) is 4.79 Å². The van der Waals surface area contributed by atoms with Gasteiger partial charge >= 0.3 is 5.97 Å². The lowest BCUT2D eigenvalue weighted by molar-refractivity contribution is -0.118. The number of carbonyl (C=O) groups excluding carboxylic acids is 2. The van der Waals surface area contributed by atoms with E-state index in [0.717, 1.165) is 11.1 Å². The predicted molar refractivity (Wildman–Crippen MR) is 83.4 cm³/mol. The molecule has 1 aromatic heterocycles. The first-order valence-electron chi connectivity index (χ1n) is 6.90. The largest absolute Gasteiger partial charge is 0.484 e. The van der Waals surface area contributed by atoms with Gasteiger partial charge in [0.25, 0.3) is 5.91 Å². The fourth-order valence-corrected chi connectivity index (χ4v) is 1.96. The molecular formula is C16H17N3O4. The third-order valence-electron chi connectivity index (χ3n) is 2.86. The molecule has 0 saturated carbocycles. The maximum Gasteiger partial charge on any atom is 0.376 e. The molecule has 7 heteroatoms. The molecule has 2 rings (SSSR count). The van der Waals surface area contributed by atoms with Gasteiger partial charge in [0.1, 0.15) is 11.6 Å². The molecule has 1 N–H and O–H groups in total. The molecule has 0 aliphatic rings. The number of ether oxygens (including phenoxy) is 2. The average molecular weight is 315 g/mol. The summed E-state index contributed by atoms with van der Waals surface area (Å²) in [4.78, 5) is 30.9. The maximum absolute atomic E-state index is 11.9. The van der Waals surface area contributed by atoms with Crippen LogP contribution in [-0.2, 0) is 9.53 Å². The zero-order valence-corrected chi connectivity index (χ0v) is 13.1. The lowest BCUT2D eigenvalue weighted by Gasteiger charge is -2.09. The number of nitrogens with one attached hydrogen (secondary N) is 1. The molecule has 0 saturated heterocycles. The van der Waals surface area contributed by atoms with E-state index in [2.05, 4.69) is 20.0 Å². The number of aryl methyl sites for hydroxylation is 2. The van der Waals surface area contributed by atoms with E-state index in [1.807, 2.05) is 32.0 Å². The summed E-state index contributed by atoms with van der Waals surface area (Å²) < 4.78 is 9.98. The third-order valence-corrected chi connectivity index (χ3v) is 2.86. The van der Waals surface area contributed by atoms with Gasteiger partial charge in [-0.25, -0.2) is 14.8 Å². The molecule has 0 aliphatic heterocycles. The summed E-state index contributed by atoms with van der Waals surface area (Å²) in [6.45, 7) is 3.74. The van der Waals surface area contributed by atoms with Crippen molar-refractivity contribution in [1.29, 1.82) is 0 Å². The Bertz CT molecular complexity index is 711. The molecule has 1 aromatic carbocycles. The molecule has 7 nitrogen and oxygen atoms in total. The van der Waals surface area contributed by atoms with E-state index >= 15 is 0 Å². The summed E-state index contributed by atoms with van der Waals surface area (Å²) >= 11 is 0. The monoisotopic (exact) mass is 315 g/mol. The van der Waals surface area contributed by atoms with Crippen molar-refractivity contribution < 1.29 is 19.1 Å². The SMILES string of the molecule is COC(=O)c1nccc(NC(=O)COc2cc(C)cc(C)c2)n1. The number of hydrogen-bond donors (Lipinski definition) is 1. The van der Waals surface area contributed by atoms with Gasteiger partial charge in [0, 0.05) is 6.20 Å². The normalized spacial score (nSPS) is 10.0. The van der Waals surface area contributed by atoms with Gasteiger partial charge in [-0.15, -0.1) is 0 Å². The number of nitrogens with zero attached hydrogens (tertiary/aromatic N) is 2. The number of amides is 1. The fourth-order valence-electron chi connectivity index (χ4n) is 1.96. The van der Waals surface area contributed by atoms with Crippen LogP contribution in [0.3, 0.4) is 0 Å². The predicted octanol–water partition coefficient (Wildman–Crippen LogP) is 1.90. The van der Waals surface area contributed by atoms with Crippen LogP contribution in [-0.4, -0.2) is 35.6 Å². The van der Waals surface area contributed by atoms with Crippen LogP contribution in [0.5, 0.6) is 5.75 Å². The summed E-state index contributed by atoms with van der Waals surface area (Å²) in [5.74, 6) is -0.364. The molecule has 0 radical (unpaired) electrons. The topological polar surface area (TPSA) is 90.4 Å². The van der Waals surface area contributed by atoms with E-state index in [1.165, 1.54) is 19.4 Å². The smallest absolute Gasteiger partial charge is 0.376 e. The minimum Gasteiger partial charge on any atom is -0.484 e. The highest BCUT2D eigenvalue weighted by Gasteiger charge is 2.11. The molecule has 23 heavy (non-hydrogen) atoms. The Morgan fingerprint density at radius 2 is 1.87 bits per heavy atom. The van der Waals surface area contributed by atoms with E-state index in [4.69, 9.17) is 4.74 Å². The van der Waals surface area contributed by atoms with E-state index in [0.29, 0.717) is 5.75 Å². The Morgan fingerprint density at radius 3 is 2.52 bits per heavy atom. The summed E-state index contributed by atoms with van der Waals surface area (Å²) in [5.41, 5.74) is 2.11. The molecule has 120 valence electrons. The Hall–Kier alpha value is -2.96. The molecule has 1 amide bonds. The number of aromatic nitrogens is 2. The van der Waals surface area contributed by atoms with Crippen molar-refractivity contribution in [2.24, 2.45) is 0 Å². The molecule has 0 aliphatic carbocycles. The second kappa shape index (κ2) is 7.35. The Labute approximate surface area is 133 Å². The fraction of sp³-hybridized carbons (Fsp3) is 0.250. The molecule has 0 spiro atoms. The Morgan fingerprint density at radius 1 is 1.17 bits per heavy atom. The number of rotatable bonds is 5. The second-order valence-corrected chi connectivity index (χ2v) is 4.92. The van der Waals surface area contributed by atoms with Crippen molar-refractivity contribution in [3.63, 3.8) is 0 Å². The number of methoxy groups -OCH3 is 1. The summed E-state index contributed by atoms with van der Waals surface area (Å²) in [7, 11) is 1.23. The van der Waals surface area contributed by atoms with Gasteiger partial charge in [0.15, 0.2) is 6.61 Å². The van der Waals surface area contributed by atoms with Crippen molar-refractivity contribution in [3.05, 3.63) is 47.4 Å². The van der Waals surface area contributed by atoms with Crippen molar-refractivity contribution in [3.8, 4) is 5.75 Å². The minimum atomic E-state index is -0.674. The van der Waals surface area contributed by atoms with Gasteiger partial charge in [-0.2, -0.15) is 0 Å². The highest BCUT2D eigenvalue weighted by atomic mass is 16.5. The first-order chi connectivity index (χ1) is 11.0. The van der Waals surface area contributed by atoms with Crippen LogP contribution < -0.4 is 10.1 Å². The lowest BCUT2D eigenvalue weighted by Crippen LogP contribution is -2.21. The van der Waals surface area contributed by atoms with Crippen LogP contribution in [0.25, 0.3) is 0 Å². The first kappa shape index (κ1) is 16.4. The number of hydrogen-bond acceptors (Lipinski definition) is 6. The average Bonchev–Trinajstić information content (AvgIpc) is 2.51. The van der Waals surface area contributed by atoms with E-state index < -0.39 is 11.9 Å². The minimum absolute atomic E-state index is 0.125.